The summed E-state index contributed by atoms with van der Waals surface area (Å²) in [5.41, 5.74) is 5.18. The van der Waals surface area contributed by atoms with Gasteiger partial charge in [-0.05, 0) is 47.9 Å². The molecule has 0 fully saturated rings. The number of pyridine rings is 1. The summed E-state index contributed by atoms with van der Waals surface area (Å²) >= 11 is 0. The van der Waals surface area contributed by atoms with Crippen LogP contribution in [0.3, 0.4) is 0 Å². The molecule has 7 nitrogen and oxygen atoms in total. The fourth-order valence-electron chi connectivity index (χ4n) is 5.32. The third-order valence-electron chi connectivity index (χ3n) is 7.14. The summed E-state index contributed by atoms with van der Waals surface area (Å²) in [7, 11) is 0. The van der Waals surface area contributed by atoms with Crippen molar-refractivity contribution in [3.05, 3.63) is 106 Å². The number of primary amides is 1. The number of aromatic nitrogens is 3. The maximum Gasteiger partial charge on any atom is 0.435 e. The van der Waals surface area contributed by atoms with Crippen LogP contribution in [0.4, 0.5) is 26.3 Å². The predicted molar refractivity (Wildman–Crippen MR) is 141 cm³/mol. The molecule has 2 aromatic carbocycles. The van der Waals surface area contributed by atoms with Gasteiger partial charge in [-0.2, -0.15) is 18.3 Å². The van der Waals surface area contributed by atoms with Gasteiger partial charge in [-0.1, -0.05) is 12.1 Å². The lowest BCUT2D eigenvalue weighted by molar-refractivity contribution is -0.143. The number of Topliss-reactive ketones (excluding diaryl/α,β-unsaturated/α-hetero) is 1. The van der Waals surface area contributed by atoms with Gasteiger partial charge in [0.15, 0.2) is 11.5 Å². The molecule has 0 aliphatic carbocycles. The number of hydrogen-bond acceptors (Lipinski definition) is 5. The normalized spacial score (nSPS) is 13.9. The first kappa shape index (κ1) is 30.0. The van der Waals surface area contributed by atoms with E-state index in [1.807, 2.05) is 0 Å². The lowest BCUT2D eigenvalue weighted by Gasteiger charge is -2.20. The Balaban J connectivity index is 1.52. The molecule has 43 heavy (non-hydrogen) atoms. The fourth-order valence-corrected chi connectivity index (χ4v) is 5.32. The molecule has 224 valence electrons. The first-order valence-corrected chi connectivity index (χ1v) is 13.2. The molecule has 4 aromatic rings. The van der Waals surface area contributed by atoms with Crippen molar-refractivity contribution in [3.8, 4) is 11.1 Å². The number of nitrogens with zero attached hydrogens (tertiary/aromatic N) is 3. The lowest BCUT2D eigenvalue weighted by Crippen LogP contribution is -2.20. The maximum absolute atomic E-state index is 14.2. The Bertz CT molecular complexity index is 1680. The maximum atomic E-state index is 14.2. The van der Waals surface area contributed by atoms with Crippen molar-refractivity contribution in [2.45, 2.75) is 44.5 Å². The van der Waals surface area contributed by atoms with Crippen LogP contribution in [0.2, 0.25) is 0 Å². The number of fused-ring (bicyclic) bond motifs is 1. The Kier molecular flexibility index (Phi) is 8.36. The number of ketones is 1. The number of benzene rings is 2. The molecule has 2 aromatic heterocycles. The summed E-state index contributed by atoms with van der Waals surface area (Å²) in [6.07, 6.45) is -3.55. The Morgan fingerprint density at radius 1 is 1.05 bits per heavy atom. The van der Waals surface area contributed by atoms with Crippen LogP contribution in [0, 0.1) is 17.5 Å². The molecule has 0 saturated heterocycles. The van der Waals surface area contributed by atoms with E-state index in [4.69, 9.17) is 10.5 Å². The van der Waals surface area contributed by atoms with Gasteiger partial charge < -0.3 is 10.5 Å². The largest absolute Gasteiger partial charge is 0.435 e. The van der Waals surface area contributed by atoms with Crippen LogP contribution in [0.15, 0.2) is 54.7 Å². The highest BCUT2D eigenvalue weighted by molar-refractivity contribution is 5.94. The second-order valence-electron chi connectivity index (χ2n) is 10.1. The predicted octanol–water partition coefficient (Wildman–Crippen LogP) is 5.54. The van der Waals surface area contributed by atoms with Crippen LogP contribution in [0.1, 0.15) is 50.9 Å². The molecule has 5 rings (SSSR count). The molecule has 1 aliphatic rings. The summed E-state index contributed by atoms with van der Waals surface area (Å²) in [6, 6.07) is 9.76. The highest BCUT2D eigenvalue weighted by atomic mass is 19.4. The van der Waals surface area contributed by atoms with Crippen LogP contribution in [-0.4, -0.2) is 33.1 Å². The minimum Gasteiger partial charge on any atom is -0.376 e. The summed E-state index contributed by atoms with van der Waals surface area (Å²) in [6.45, 7) is -0.606. The van der Waals surface area contributed by atoms with Crippen LogP contribution in [0.5, 0.6) is 0 Å². The van der Waals surface area contributed by atoms with Gasteiger partial charge in [0, 0.05) is 47.8 Å². The Labute approximate surface area is 241 Å². The van der Waals surface area contributed by atoms with Crippen molar-refractivity contribution in [2.75, 3.05) is 6.61 Å². The summed E-state index contributed by atoms with van der Waals surface area (Å²) < 4.78 is 89.5. The number of ether oxygens (including phenoxy) is 1. The molecule has 0 saturated carbocycles. The zero-order valence-corrected chi connectivity index (χ0v) is 22.4. The van der Waals surface area contributed by atoms with Crippen LogP contribution in [0.25, 0.3) is 11.1 Å². The minimum atomic E-state index is -4.75. The third kappa shape index (κ3) is 6.61. The number of nitrogens with two attached hydrogens (primary N) is 1. The number of rotatable bonds is 9. The first-order valence-electron chi connectivity index (χ1n) is 13.2. The monoisotopic (exact) mass is 602 g/mol. The van der Waals surface area contributed by atoms with Crippen LogP contribution >= 0.6 is 0 Å². The van der Waals surface area contributed by atoms with Gasteiger partial charge in [-0.15, -0.1) is 0 Å². The molecule has 0 radical (unpaired) electrons. The smallest absolute Gasteiger partial charge is 0.376 e. The highest BCUT2D eigenvalue weighted by Gasteiger charge is 2.40. The number of alkyl halides is 3. The molecule has 13 heteroatoms. The lowest BCUT2D eigenvalue weighted by atomic mass is 9.86. The van der Waals surface area contributed by atoms with Gasteiger partial charge in [0.1, 0.15) is 17.5 Å². The number of amides is 1. The van der Waals surface area contributed by atoms with Crippen molar-refractivity contribution in [3.63, 3.8) is 0 Å². The molecule has 0 unspecified atom stereocenters. The van der Waals surface area contributed by atoms with E-state index < -0.39 is 53.5 Å². The van der Waals surface area contributed by atoms with Gasteiger partial charge in [-0.3, -0.25) is 19.3 Å². The third-order valence-corrected chi connectivity index (χ3v) is 7.14. The fraction of sp³-hybridized carbons (Fsp3) is 0.267. The van der Waals surface area contributed by atoms with E-state index in [0.717, 1.165) is 22.9 Å². The van der Waals surface area contributed by atoms with E-state index >= 15 is 0 Å². The molecule has 1 aliphatic heterocycles. The average molecular weight is 603 g/mol. The zero-order valence-electron chi connectivity index (χ0n) is 22.4. The second kappa shape index (κ2) is 12.0. The molecular weight excluding hydrogens is 578 g/mol. The van der Waals surface area contributed by atoms with E-state index in [1.165, 1.54) is 18.3 Å². The molecule has 2 N–H and O–H groups in total. The summed E-state index contributed by atoms with van der Waals surface area (Å²) in [5, 5.41) is 3.69. The van der Waals surface area contributed by atoms with E-state index in [-0.39, 0.29) is 60.6 Å². The molecule has 3 heterocycles. The van der Waals surface area contributed by atoms with Crippen LogP contribution in [-0.2, 0) is 41.7 Å². The minimum absolute atomic E-state index is 0.0762. The molecule has 0 spiro atoms. The first-order chi connectivity index (χ1) is 20.4. The van der Waals surface area contributed by atoms with E-state index in [0.29, 0.717) is 17.2 Å². The second-order valence-corrected chi connectivity index (χ2v) is 10.1. The SMILES string of the molecule is NC(=O)c1cc(-c2cccnc2[C@@H](CC(=O)Cn2nc(C(F)(F)F)c3c2CCOC3)Cc2cc(F)cc(F)c2)ccc1F. The van der Waals surface area contributed by atoms with Crippen molar-refractivity contribution >= 4 is 11.7 Å². The average Bonchev–Trinajstić information content (AvgIpc) is 3.31. The van der Waals surface area contributed by atoms with Gasteiger partial charge >= 0.3 is 6.18 Å². The standard InChI is InChI=1S/C30H24F6N4O3/c31-19-9-16(10-20(32)13-19)8-18(27-22(2-1-6-38-27)17-3-4-25(33)23(12-17)29(37)42)11-21(41)14-40-26-5-7-43-15-24(26)28(39-40)30(34,35)36/h1-4,6,9-10,12-13,18H,5,7-8,11,14-15H2,(H2,37,42)/t18-/m1/s1. The number of halogens is 6. The van der Waals surface area contributed by atoms with Crippen molar-refractivity contribution < 1.29 is 40.7 Å². The summed E-state index contributed by atoms with van der Waals surface area (Å²) in [5.74, 6) is -4.86. The van der Waals surface area contributed by atoms with Crippen molar-refractivity contribution in [1.29, 1.82) is 0 Å². The van der Waals surface area contributed by atoms with Gasteiger partial charge in [0.2, 0.25) is 0 Å². The Hall–Kier alpha value is -4.52. The van der Waals surface area contributed by atoms with E-state index in [9.17, 15) is 35.9 Å². The van der Waals surface area contributed by atoms with Crippen molar-refractivity contribution in [2.24, 2.45) is 5.73 Å². The van der Waals surface area contributed by atoms with Crippen LogP contribution < -0.4 is 5.73 Å². The summed E-state index contributed by atoms with van der Waals surface area (Å²) in [4.78, 5) is 29.6. The number of carbonyl (C=O) groups is 2. The van der Waals surface area contributed by atoms with E-state index in [1.54, 1.807) is 12.1 Å². The topological polar surface area (TPSA) is 100 Å². The Morgan fingerprint density at radius 2 is 1.79 bits per heavy atom. The molecule has 0 bridgehead atoms. The van der Waals surface area contributed by atoms with Gasteiger partial charge in [0.05, 0.1) is 31.0 Å². The Morgan fingerprint density at radius 3 is 2.49 bits per heavy atom. The van der Waals surface area contributed by atoms with Crippen molar-refractivity contribution in [1.82, 2.24) is 14.8 Å². The molecule has 1 atom stereocenters. The molecular formula is C30H24F6N4O3. The number of hydrogen-bond donors (Lipinski definition) is 1. The number of carbonyl (C=O) groups excluding carboxylic acids is 2. The highest BCUT2D eigenvalue weighted by Crippen LogP contribution is 2.36. The zero-order chi connectivity index (χ0) is 30.9. The molecule has 1 amide bonds. The quantitative estimate of drug-likeness (QED) is 0.254. The van der Waals surface area contributed by atoms with Gasteiger partial charge in [0.25, 0.3) is 5.91 Å². The van der Waals surface area contributed by atoms with E-state index in [2.05, 4.69) is 10.1 Å². The van der Waals surface area contributed by atoms with Gasteiger partial charge in [-0.25, -0.2) is 13.2 Å².